The van der Waals surface area contributed by atoms with Crippen LogP contribution in [0.2, 0.25) is 0 Å². The quantitative estimate of drug-likeness (QED) is 0.655. The van der Waals surface area contributed by atoms with E-state index in [1.54, 1.807) is 17.4 Å². The van der Waals surface area contributed by atoms with Gasteiger partial charge < -0.3 is 10.2 Å². The summed E-state index contributed by atoms with van der Waals surface area (Å²) >= 11 is 1.72. The lowest BCUT2D eigenvalue weighted by atomic mass is 9.89. The molecule has 1 aliphatic carbocycles. The first-order valence-corrected chi connectivity index (χ1v) is 7.06. The fourth-order valence-corrected chi connectivity index (χ4v) is 3.92. The highest BCUT2D eigenvalue weighted by molar-refractivity contribution is 7.25. The normalized spacial score (nSPS) is 22.0. The molecule has 3 heteroatoms. The molecule has 1 aliphatic rings. The fourth-order valence-electron chi connectivity index (χ4n) is 2.80. The molecule has 0 saturated heterocycles. The average Bonchev–Trinajstić information content (AvgIpc) is 2.81. The third-order valence-corrected chi connectivity index (χ3v) is 4.85. The van der Waals surface area contributed by atoms with Crippen molar-refractivity contribution >= 4 is 37.6 Å². The van der Waals surface area contributed by atoms with Gasteiger partial charge in [-0.05, 0) is 23.3 Å². The maximum atomic E-state index is 10.3. The van der Waals surface area contributed by atoms with Crippen molar-refractivity contribution in [3.63, 3.8) is 0 Å². The minimum absolute atomic E-state index is 0.822. The summed E-state index contributed by atoms with van der Waals surface area (Å²) in [5.41, 5.74) is 1.85. The second kappa shape index (κ2) is 3.90. The van der Waals surface area contributed by atoms with Gasteiger partial charge in [-0.3, -0.25) is 0 Å². The number of hydrogen-bond acceptors (Lipinski definition) is 3. The van der Waals surface area contributed by atoms with E-state index in [1.807, 2.05) is 24.3 Å². The van der Waals surface area contributed by atoms with Crippen LogP contribution >= 0.6 is 11.3 Å². The minimum atomic E-state index is -0.846. The van der Waals surface area contributed by atoms with Crippen LogP contribution in [0.1, 0.15) is 17.2 Å². The Labute approximate surface area is 114 Å². The van der Waals surface area contributed by atoms with Crippen LogP contribution in [-0.4, -0.2) is 16.3 Å². The third-order valence-electron chi connectivity index (χ3n) is 3.71. The van der Waals surface area contributed by atoms with Gasteiger partial charge in [0.25, 0.3) is 0 Å². The van der Waals surface area contributed by atoms with Crippen LogP contribution in [0.15, 0.2) is 42.5 Å². The molecule has 4 rings (SSSR count). The number of aliphatic hydroxyl groups excluding tert-OH is 2. The molecule has 1 heterocycles. The Morgan fingerprint density at radius 1 is 0.947 bits per heavy atom. The first-order valence-electron chi connectivity index (χ1n) is 6.24. The van der Waals surface area contributed by atoms with Gasteiger partial charge in [-0.15, -0.1) is 11.3 Å². The van der Waals surface area contributed by atoms with E-state index in [0.29, 0.717) is 0 Å². The second-order valence-electron chi connectivity index (χ2n) is 4.83. The summed E-state index contributed by atoms with van der Waals surface area (Å²) in [5.74, 6) is 0. The highest BCUT2D eigenvalue weighted by Crippen LogP contribution is 2.42. The summed E-state index contributed by atoms with van der Waals surface area (Å²) in [6.45, 7) is 0. The second-order valence-corrected chi connectivity index (χ2v) is 5.92. The Kier molecular flexibility index (Phi) is 2.30. The molecule has 0 fully saturated rings. The lowest BCUT2D eigenvalue weighted by molar-refractivity contribution is 0.0480. The molecule has 0 amide bonds. The molecule has 1 aromatic heterocycles. The molecule has 0 bridgehead atoms. The summed E-state index contributed by atoms with van der Waals surface area (Å²) < 4.78 is 2.36. The van der Waals surface area contributed by atoms with Crippen molar-refractivity contribution in [1.29, 1.82) is 0 Å². The van der Waals surface area contributed by atoms with Crippen LogP contribution in [0.3, 0.4) is 0 Å². The first-order chi connectivity index (χ1) is 9.25. The summed E-state index contributed by atoms with van der Waals surface area (Å²) in [5, 5.41) is 22.4. The van der Waals surface area contributed by atoms with E-state index in [-0.39, 0.29) is 0 Å². The van der Waals surface area contributed by atoms with Gasteiger partial charge in [0.05, 0.1) is 0 Å². The van der Waals surface area contributed by atoms with Gasteiger partial charge >= 0.3 is 0 Å². The predicted molar refractivity (Wildman–Crippen MR) is 79.3 cm³/mol. The fraction of sp³-hybridized carbons (Fsp3) is 0.125. The van der Waals surface area contributed by atoms with Crippen molar-refractivity contribution in [2.75, 3.05) is 0 Å². The van der Waals surface area contributed by atoms with Crippen molar-refractivity contribution in [2.24, 2.45) is 0 Å². The molecule has 3 aromatic rings. The Morgan fingerprint density at radius 3 is 2.68 bits per heavy atom. The van der Waals surface area contributed by atoms with Crippen molar-refractivity contribution in [1.82, 2.24) is 0 Å². The molecule has 2 N–H and O–H groups in total. The number of rotatable bonds is 0. The summed E-state index contributed by atoms with van der Waals surface area (Å²) in [7, 11) is 0. The lowest BCUT2D eigenvalue weighted by Gasteiger charge is -2.22. The summed E-state index contributed by atoms with van der Waals surface area (Å²) in [6.07, 6.45) is 1.87. The maximum Gasteiger partial charge on any atom is 0.110 e. The average molecular weight is 268 g/mol. The molecule has 0 saturated carbocycles. The molecule has 94 valence electrons. The van der Waals surface area contributed by atoms with Crippen LogP contribution < -0.4 is 0 Å². The molecular formula is C16H12O2S. The zero-order valence-electron chi connectivity index (χ0n) is 10.1. The van der Waals surface area contributed by atoms with Crippen molar-refractivity contribution in [2.45, 2.75) is 12.2 Å². The van der Waals surface area contributed by atoms with Gasteiger partial charge in [0.2, 0.25) is 0 Å². The van der Waals surface area contributed by atoms with E-state index in [4.69, 9.17) is 0 Å². The van der Waals surface area contributed by atoms with Crippen molar-refractivity contribution < 1.29 is 10.2 Å². The van der Waals surface area contributed by atoms with Crippen LogP contribution in [0.5, 0.6) is 0 Å². The van der Waals surface area contributed by atoms with Gasteiger partial charge in [0, 0.05) is 20.2 Å². The van der Waals surface area contributed by atoms with Crippen LogP contribution in [0, 0.1) is 0 Å². The van der Waals surface area contributed by atoms with Crippen LogP contribution in [0.4, 0.5) is 0 Å². The molecule has 0 aliphatic heterocycles. The maximum absolute atomic E-state index is 10.3. The topological polar surface area (TPSA) is 40.5 Å². The van der Waals surface area contributed by atoms with E-state index in [1.165, 1.54) is 4.70 Å². The third kappa shape index (κ3) is 1.49. The van der Waals surface area contributed by atoms with Gasteiger partial charge in [0.15, 0.2) is 0 Å². The van der Waals surface area contributed by atoms with Crippen LogP contribution in [0.25, 0.3) is 26.2 Å². The van der Waals surface area contributed by atoms with E-state index in [2.05, 4.69) is 18.2 Å². The zero-order valence-corrected chi connectivity index (χ0v) is 10.9. The number of benzene rings is 2. The molecule has 2 nitrogen and oxygen atoms in total. The van der Waals surface area contributed by atoms with Gasteiger partial charge in [-0.1, -0.05) is 36.4 Å². The summed E-state index contributed by atoms with van der Waals surface area (Å²) in [4.78, 5) is 0. The molecule has 2 atom stereocenters. The number of aliphatic hydroxyl groups is 2. The Balaban J connectivity index is 2.20. The lowest BCUT2D eigenvalue weighted by Crippen LogP contribution is -2.19. The highest BCUT2D eigenvalue weighted by atomic mass is 32.1. The zero-order chi connectivity index (χ0) is 13.0. The highest BCUT2D eigenvalue weighted by Gasteiger charge is 2.25. The molecule has 0 spiro atoms. The molecular weight excluding hydrogens is 256 g/mol. The van der Waals surface area contributed by atoms with E-state index in [0.717, 1.165) is 26.6 Å². The van der Waals surface area contributed by atoms with E-state index < -0.39 is 12.2 Å². The van der Waals surface area contributed by atoms with E-state index >= 15 is 0 Å². The smallest absolute Gasteiger partial charge is 0.110 e. The SMILES string of the molecule is O[C@@H]1c2c(ccc3sc4ccccc4c23)C=C[C@@H]1O. The van der Waals surface area contributed by atoms with Gasteiger partial charge in [-0.2, -0.15) is 0 Å². The first kappa shape index (κ1) is 11.2. The number of hydrogen-bond donors (Lipinski definition) is 2. The van der Waals surface area contributed by atoms with Crippen LogP contribution in [-0.2, 0) is 0 Å². The Morgan fingerprint density at radius 2 is 1.79 bits per heavy atom. The monoisotopic (exact) mass is 268 g/mol. The molecule has 0 radical (unpaired) electrons. The Hall–Kier alpha value is -1.68. The number of fused-ring (bicyclic) bond motifs is 5. The molecule has 2 aromatic carbocycles. The predicted octanol–water partition coefficient (Wildman–Crippen LogP) is 3.48. The molecule has 0 unspecified atom stereocenters. The van der Waals surface area contributed by atoms with Crippen molar-refractivity contribution in [3.05, 3.63) is 53.6 Å². The van der Waals surface area contributed by atoms with Crippen molar-refractivity contribution in [3.8, 4) is 0 Å². The van der Waals surface area contributed by atoms with Gasteiger partial charge in [-0.25, -0.2) is 0 Å². The largest absolute Gasteiger partial charge is 0.386 e. The number of thiophene rings is 1. The van der Waals surface area contributed by atoms with E-state index in [9.17, 15) is 10.2 Å². The van der Waals surface area contributed by atoms with Gasteiger partial charge in [0.1, 0.15) is 12.2 Å². The Bertz CT molecular complexity index is 816. The standard InChI is InChI=1S/C16H12O2S/c17-11-7-5-9-6-8-13-15(14(9)16(11)18)10-3-1-2-4-12(10)19-13/h1-8,11,16-18H/t11-,16-/m0/s1. The molecule has 19 heavy (non-hydrogen) atoms. The minimum Gasteiger partial charge on any atom is -0.386 e. The summed E-state index contributed by atoms with van der Waals surface area (Å²) in [6, 6.07) is 12.3.